The van der Waals surface area contributed by atoms with Gasteiger partial charge in [0.1, 0.15) is 0 Å². The van der Waals surface area contributed by atoms with E-state index in [9.17, 15) is 13.2 Å². The van der Waals surface area contributed by atoms with Crippen molar-refractivity contribution in [2.45, 2.75) is 24.8 Å². The molecule has 0 saturated heterocycles. The smallest absolute Gasteiger partial charge is 0.270 e. The van der Waals surface area contributed by atoms with Crippen LogP contribution < -0.4 is 9.86 Å². The second-order valence-electron chi connectivity index (χ2n) is 7.86. The maximum absolute atomic E-state index is 13.5. The summed E-state index contributed by atoms with van der Waals surface area (Å²) in [6.07, 6.45) is 1.86. The molecule has 0 unspecified atom stereocenters. The standard InChI is InChI=1S/C24H22N4O3S/c1-17-9-11-19(12-10-17)32(30,31)28-15-13-21-22(20-8-5-14-25-23(20)28)26-27(24(21)29)16-18-6-3-2-4-7-18/h2-12,14,26H,13,15-16H2,1H3. The van der Waals surface area contributed by atoms with Crippen molar-refractivity contribution < 1.29 is 8.42 Å². The lowest BCUT2D eigenvalue weighted by Crippen LogP contribution is -2.34. The Kier molecular flexibility index (Phi) is 4.94. The number of aromatic amines is 1. The fourth-order valence-electron chi connectivity index (χ4n) is 4.04. The van der Waals surface area contributed by atoms with Gasteiger partial charge in [-0.1, -0.05) is 48.0 Å². The van der Waals surface area contributed by atoms with Crippen LogP contribution in [0.15, 0.2) is 82.6 Å². The molecule has 2 aromatic carbocycles. The third-order valence-electron chi connectivity index (χ3n) is 5.70. The summed E-state index contributed by atoms with van der Waals surface area (Å²) in [6.45, 7) is 2.45. The number of nitrogens with one attached hydrogen (secondary N) is 1. The van der Waals surface area contributed by atoms with Gasteiger partial charge in [0, 0.05) is 23.9 Å². The van der Waals surface area contributed by atoms with Gasteiger partial charge in [-0.05, 0) is 43.2 Å². The van der Waals surface area contributed by atoms with Crippen molar-refractivity contribution in [3.05, 3.63) is 100.0 Å². The number of sulfonamides is 1. The molecular weight excluding hydrogens is 424 g/mol. The number of aryl methyl sites for hydroxylation is 1. The zero-order valence-electron chi connectivity index (χ0n) is 17.5. The van der Waals surface area contributed by atoms with Gasteiger partial charge in [-0.25, -0.2) is 22.4 Å². The molecule has 0 bridgehead atoms. The molecule has 5 rings (SSSR count). The van der Waals surface area contributed by atoms with Crippen LogP contribution in [0.3, 0.4) is 0 Å². The molecule has 0 fully saturated rings. The van der Waals surface area contributed by atoms with Crippen molar-refractivity contribution in [2.24, 2.45) is 0 Å². The molecule has 8 heteroatoms. The molecule has 1 aliphatic rings. The van der Waals surface area contributed by atoms with E-state index in [-0.39, 0.29) is 23.4 Å². The molecule has 0 spiro atoms. The van der Waals surface area contributed by atoms with E-state index in [2.05, 4.69) is 10.1 Å². The Bertz CT molecular complexity index is 1440. The van der Waals surface area contributed by atoms with Crippen LogP contribution in [0.4, 0.5) is 5.82 Å². The normalized spacial score (nSPS) is 13.3. The van der Waals surface area contributed by atoms with Crippen molar-refractivity contribution in [1.82, 2.24) is 14.8 Å². The van der Waals surface area contributed by atoms with Crippen LogP contribution in [-0.4, -0.2) is 29.7 Å². The summed E-state index contributed by atoms with van der Waals surface area (Å²) in [6, 6.07) is 20.0. The van der Waals surface area contributed by atoms with Crippen molar-refractivity contribution in [2.75, 3.05) is 10.8 Å². The molecule has 0 radical (unpaired) electrons. The van der Waals surface area contributed by atoms with Crippen LogP contribution in [0.1, 0.15) is 16.7 Å². The first-order valence-electron chi connectivity index (χ1n) is 10.4. The first-order chi connectivity index (χ1) is 15.4. The SMILES string of the molecule is Cc1ccc(S(=O)(=O)N2CCc3c([nH]n(Cc4ccccc4)c3=O)-c3cccnc32)cc1. The Morgan fingerprint density at radius 2 is 1.75 bits per heavy atom. The van der Waals surface area contributed by atoms with Crippen molar-refractivity contribution in [3.63, 3.8) is 0 Å². The molecule has 1 N–H and O–H groups in total. The first kappa shape index (κ1) is 20.3. The Balaban J connectivity index is 1.60. The van der Waals surface area contributed by atoms with E-state index in [1.807, 2.05) is 37.3 Å². The highest BCUT2D eigenvalue weighted by Crippen LogP contribution is 2.35. The van der Waals surface area contributed by atoms with E-state index in [0.717, 1.165) is 11.1 Å². The predicted octanol–water partition coefficient (Wildman–Crippen LogP) is 3.35. The van der Waals surface area contributed by atoms with Gasteiger partial charge in [0.25, 0.3) is 15.6 Å². The number of hydrogen-bond acceptors (Lipinski definition) is 4. The van der Waals surface area contributed by atoms with Crippen LogP contribution in [0.2, 0.25) is 0 Å². The lowest BCUT2D eigenvalue weighted by molar-refractivity contribution is 0.590. The summed E-state index contributed by atoms with van der Waals surface area (Å²) in [5, 5.41) is 3.21. The van der Waals surface area contributed by atoms with E-state index in [4.69, 9.17) is 0 Å². The average Bonchev–Trinajstić information content (AvgIpc) is 3.00. The van der Waals surface area contributed by atoms with Gasteiger partial charge in [-0.15, -0.1) is 0 Å². The number of benzene rings is 2. The summed E-state index contributed by atoms with van der Waals surface area (Å²) in [5.41, 5.74) is 3.62. The minimum Gasteiger partial charge on any atom is -0.294 e. The zero-order valence-corrected chi connectivity index (χ0v) is 18.3. The van der Waals surface area contributed by atoms with Crippen LogP contribution in [0.5, 0.6) is 0 Å². The number of anilines is 1. The van der Waals surface area contributed by atoms with Crippen LogP contribution in [0, 0.1) is 6.92 Å². The van der Waals surface area contributed by atoms with Crippen LogP contribution in [0.25, 0.3) is 11.3 Å². The van der Waals surface area contributed by atoms with Crippen LogP contribution >= 0.6 is 0 Å². The van der Waals surface area contributed by atoms with E-state index < -0.39 is 10.0 Å². The Morgan fingerprint density at radius 1 is 1.00 bits per heavy atom. The average molecular weight is 447 g/mol. The topological polar surface area (TPSA) is 88.1 Å². The maximum Gasteiger partial charge on any atom is 0.270 e. The molecule has 162 valence electrons. The number of H-pyrrole nitrogens is 1. The second-order valence-corrected chi connectivity index (χ2v) is 9.72. The first-order valence-corrected chi connectivity index (χ1v) is 11.8. The Morgan fingerprint density at radius 3 is 2.50 bits per heavy atom. The zero-order chi connectivity index (χ0) is 22.3. The summed E-state index contributed by atoms with van der Waals surface area (Å²) in [5.74, 6) is 0.319. The molecular formula is C24H22N4O3S. The molecule has 3 heterocycles. The van der Waals surface area contributed by atoms with Gasteiger partial charge >= 0.3 is 0 Å². The van der Waals surface area contributed by atoms with Gasteiger partial charge in [0.05, 0.1) is 17.1 Å². The largest absolute Gasteiger partial charge is 0.294 e. The lowest BCUT2D eigenvalue weighted by Gasteiger charge is -2.23. The highest BCUT2D eigenvalue weighted by molar-refractivity contribution is 7.92. The second kappa shape index (κ2) is 7.80. The van der Waals surface area contributed by atoms with Gasteiger partial charge in [-0.3, -0.25) is 9.89 Å². The molecule has 1 aliphatic heterocycles. The summed E-state index contributed by atoms with van der Waals surface area (Å²) in [4.78, 5) is 17.8. The van der Waals surface area contributed by atoms with Crippen molar-refractivity contribution >= 4 is 15.8 Å². The highest BCUT2D eigenvalue weighted by Gasteiger charge is 2.33. The van der Waals surface area contributed by atoms with E-state index >= 15 is 0 Å². The van der Waals surface area contributed by atoms with Crippen molar-refractivity contribution in [1.29, 1.82) is 0 Å². The minimum absolute atomic E-state index is 0.131. The molecule has 0 aliphatic carbocycles. The van der Waals surface area contributed by atoms with E-state index in [0.29, 0.717) is 29.2 Å². The number of pyridine rings is 1. The summed E-state index contributed by atoms with van der Waals surface area (Å²) < 4.78 is 29.8. The molecule has 0 atom stereocenters. The van der Waals surface area contributed by atoms with Gasteiger partial charge in [0.15, 0.2) is 5.82 Å². The molecule has 0 saturated carbocycles. The number of aromatic nitrogens is 3. The third kappa shape index (κ3) is 3.42. The maximum atomic E-state index is 13.5. The molecule has 0 amide bonds. The molecule has 7 nitrogen and oxygen atoms in total. The van der Waals surface area contributed by atoms with E-state index in [1.165, 1.54) is 4.31 Å². The van der Waals surface area contributed by atoms with Gasteiger partial charge in [0.2, 0.25) is 0 Å². The summed E-state index contributed by atoms with van der Waals surface area (Å²) in [7, 11) is -3.83. The van der Waals surface area contributed by atoms with Crippen molar-refractivity contribution in [3.8, 4) is 11.3 Å². The lowest BCUT2D eigenvalue weighted by atomic mass is 10.1. The minimum atomic E-state index is -3.83. The monoisotopic (exact) mass is 446 g/mol. The highest BCUT2D eigenvalue weighted by atomic mass is 32.2. The number of fused-ring (bicyclic) bond motifs is 3. The van der Waals surface area contributed by atoms with E-state index in [1.54, 1.807) is 47.3 Å². The number of nitrogens with zero attached hydrogens (tertiary/aromatic N) is 3. The Labute approximate surface area is 186 Å². The van der Waals surface area contributed by atoms with Gasteiger partial charge < -0.3 is 0 Å². The molecule has 32 heavy (non-hydrogen) atoms. The number of rotatable bonds is 4. The van der Waals surface area contributed by atoms with Gasteiger partial charge in [-0.2, -0.15) is 0 Å². The Hall–Kier alpha value is -3.65. The summed E-state index contributed by atoms with van der Waals surface area (Å²) >= 11 is 0. The third-order valence-corrected chi connectivity index (χ3v) is 7.51. The fraction of sp³-hybridized carbons (Fsp3) is 0.167. The number of hydrogen-bond donors (Lipinski definition) is 1. The quantitative estimate of drug-likeness (QED) is 0.521. The van der Waals surface area contributed by atoms with Crippen LogP contribution in [-0.2, 0) is 23.0 Å². The molecule has 2 aromatic heterocycles. The molecule has 4 aromatic rings. The predicted molar refractivity (Wildman–Crippen MR) is 123 cm³/mol. The fourth-order valence-corrected chi connectivity index (χ4v) is 5.48.